The van der Waals surface area contributed by atoms with Crippen molar-refractivity contribution in [2.75, 3.05) is 19.0 Å². The van der Waals surface area contributed by atoms with Crippen molar-refractivity contribution in [3.8, 4) is 0 Å². The molecule has 0 radical (unpaired) electrons. The average molecular weight is 328 g/mol. The van der Waals surface area contributed by atoms with E-state index in [1.807, 2.05) is 0 Å². The van der Waals surface area contributed by atoms with Crippen LogP contribution in [0.25, 0.3) is 0 Å². The predicted molar refractivity (Wildman–Crippen MR) is 69.8 cm³/mol. The number of amides is 1. The van der Waals surface area contributed by atoms with E-state index in [0.717, 1.165) is 0 Å². The Hall–Kier alpha value is -0.690. The van der Waals surface area contributed by atoms with E-state index in [9.17, 15) is 9.18 Å². The Balaban J connectivity index is 0.00000256. The molecule has 0 aromatic heterocycles. The molecule has 7 heteroatoms. The van der Waals surface area contributed by atoms with Crippen molar-refractivity contribution in [3.63, 3.8) is 0 Å². The third-order valence-electron chi connectivity index (χ3n) is 1.98. The molecule has 0 saturated carbocycles. The summed E-state index contributed by atoms with van der Waals surface area (Å²) in [7, 11) is 1.40. The number of hydrogen-bond acceptors (Lipinski definition) is 3. The first-order chi connectivity index (χ1) is 7.58. The van der Waals surface area contributed by atoms with Gasteiger partial charge in [-0.25, -0.2) is 4.39 Å². The number of hydrogen-bond donors (Lipinski definition) is 2. The van der Waals surface area contributed by atoms with Crippen LogP contribution in [0, 0.1) is 5.82 Å². The van der Waals surface area contributed by atoms with Crippen molar-refractivity contribution >= 4 is 39.9 Å². The van der Waals surface area contributed by atoms with Gasteiger partial charge in [0.05, 0.1) is 4.47 Å². The number of halogens is 3. The molecule has 0 heterocycles. The first-order valence-electron chi connectivity index (χ1n) is 4.57. The summed E-state index contributed by atoms with van der Waals surface area (Å²) < 4.78 is 18.1. The molecule has 0 spiro atoms. The fraction of sp³-hybridized carbons (Fsp3) is 0.300. The van der Waals surface area contributed by atoms with E-state index in [-0.39, 0.29) is 35.1 Å². The Kier molecular flexibility index (Phi) is 7.29. The highest BCUT2D eigenvalue weighted by Gasteiger charge is 2.15. The van der Waals surface area contributed by atoms with Gasteiger partial charge in [-0.05, 0) is 34.1 Å². The summed E-state index contributed by atoms with van der Waals surface area (Å²) in [4.78, 5) is 11.5. The molecular formula is C10H13BrClFN2O2. The van der Waals surface area contributed by atoms with Crippen LogP contribution in [0.3, 0.4) is 0 Å². The van der Waals surface area contributed by atoms with Crippen LogP contribution in [0.4, 0.5) is 10.1 Å². The van der Waals surface area contributed by atoms with E-state index in [4.69, 9.17) is 10.5 Å². The van der Waals surface area contributed by atoms with Crippen molar-refractivity contribution in [1.82, 2.24) is 0 Å². The minimum absolute atomic E-state index is 0. The van der Waals surface area contributed by atoms with Crippen LogP contribution in [0.15, 0.2) is 22.7 Å². The van der Waals surface area contributed by atoms with Gasteiger partial charge < -0.3 is 15.8 Å². The number of carbonyl (C=O) groups excluding carboxylic acids is 1. The zero-order valence-electron chi connectivity index (χ0n) is 9.07. The Morgan fingerprint density at radius 3 is 2.76 bits per heavy atom. The SMILES string of the molecule is COC(CN)C(=O)Nc1ccc(F)c(Br)c1.Cl. The van der Waals surface area contributed by atoms with Gasteiger partial charge in [-0.1, -0.05) is 0 Å². The van der Waals surface area contributed by atoms with Gasteiger partial charge in [-0.3, -0.25) is 4.79 Å². The van der Waals surface area contributed by atoms with Gasteiger partial charge in [0.25, 0.3) is 5.91 Å². The molecule has 1 aromatic carbocycles. The molecule has 1 aromatic rings. The summed E-state index contributed by atoms with van der Waals surface area (Å²) >= 11 is 3.02. The zero-order chi connectivity index (χ0) is 12.1. The molecule has 1 atom stereocenters. The summed E-state index contributed by atoms with van der Waals surface area (Å²) in [6.07, 6.45) is -0.705. The molecule has 0 fully saturated rings. The fourth-order valence-electron chi connectivity index (χ4n) is 1.11. The number of rotatable bonds is 4. The van der Waals surface area contributed by atoms with Crippen molar-refractivity contribution in [3.05, 3.63) is 28.5 Å². The van der Waals surface area contributed by atoms with E-state index in [2.05, 4.69) is 21.2 Å². The van der Waals surface area contributed by atoms with E-state index in [0.29, 0.717) is 5.69 Å². The van der Waals surface area contributed by atoms with Crippen LogP contribution < -0.4 is 11.1 Å². The van der Waals surface area contributed by atoms with Gasteiger partial charge in [0, 0.05) is 19.3 Å². The van der Waals surface area contributed by atoms with Crippen molar-refractivity contribution in [1.29, 1.82) is 0 Å². The number of methoxy groups -OCH3 is 1. The number of nitrogens with two attached hydrogens (primary N) is 1. The fourth-order valence-corrected chi connectivity index (χ4v) is 1.49. The quantitative estimate of drug-likeness (QED) is 0.888. The maximum atomic E-state index is 12.9. The number of carbonyl (C=O) groups is 1. The summed E-state index contributed by atoms with van der Waals surface area (Å²) in [5, 5.41) is 2.57. The zero-order valence-corrected chi connectivity index (χ0v) is 11.5. The number of benzene rings is 1. The smallest absolute Gasteiger partial charge is 0.254 e. The van der Waals surface area contributed by atoms with Gasteiger partial charge >= 0.3 is 0 Å². The lowest BCUT2D eigenvalue weighted by Gasteiger charge is -2.13. The summed E-state index contributed by atoms with van der Waals surface area (Å²) in [5.74, 6) is -0.747. The lowest BCUT2D eigenvalue weighted by atomic mass is 10.2. The molecule has 0 aliphatic heterocycles. The van der Waals surface area contributed by atoms with E-state index < -0.39 is 6.10 Å². The molecule has 0 saturated heterocycles. The van der Waals surface area contributed by atoms with Crippen LogP contribution in [-0.4, -0.2) is 25.7 Å². The maximum absolute atomic E-state index is 12.9. The minimum atomic E-state index is -0.705. The highest BCUT2D eigenvalue weighted by atomic mass is 79.9. The van der Waals surface area contributed by atoms with Crippen LogP contribution in [0.2, 0.25) is 0 Å². The summed E-state index contributed by atoms with van der Waals surface area (Å²) in [6.45, 7) is 0.0880. The Bertz CT molecular complexity index is 389. The molecule has 3 N–H and O–H groups in total. The van der Waals surface area contributed by atoms with Gasteiger partial charge in [-0.2, -0.15) is 0 Å². The molecule has 4 nitrogen and oxygen atoms in total. The molecular weight excluding hydrogens is 314 g/mol. The molecule has 1 amide bonds. The van der Waals surface area contributed by atoms with E-state index in [1.165, 1.54) is 25.3 Å². The van der Waals surface area contributed by atoms with Crippen molar-refractivity contribution < 1.29 is 13.9 Å². The van der Waals surface area contributed by atoms with Crippen molar-refractivity contribution in [2.45, 2.75) is 6.10 Å². The Morgan fingerprint density at radius 2 is 2.29 bits per heavy atom. The highest BCUT2D eigenvalue weighted by molar-refractivity contribution is 9.10. The third-order valence-corrected chi connectivity index (χ3v) is 2.59. The topological polar surface area (TPSA) is 64.3 Å². The van der Waals surface area contributed by atoms with Crippen LogP contribution in [0.5, 0.6) is 0 Å². The van der Waals surface area contributed by atoms with Gasteiger partial charge in [0.2, 0.25) is 0 Å². The number of anilines is 1. The monoisotopic (exact) mass is 326 g/mol. The van der Waals surface area contributed by atoms with Gasteiger partial charge in [0.1, 0.15) is 11.9 Å². The molecule has 0 aliphatic rings. The van der Waals surface area contributed by atoms with Gasteiger partial charge in [0.15, 0.2) is 0 Å². The Labute approximate surface area is 113 Å². The standard InChI is InChI=1S/C10H12BrFN2O2.ClH/c1-16-9(5-13)10(15)14-6-2-3-8(12)7(11)4-6;/h2-4,9H,5,13H2,1H3,(H,14,15);1H. The molecule has 17 heavy (non-hydrogen) atoms. The molecule has 1 rings (SSSR count). The molecule has 0 bridgehead atoms. The first-order valence-corrected chi connectivity index (χ1v) is 5.36. The van der Waals surface area contributed by atoms with Crippen LogP contribution >= 0.6 is 28.3 Å². The maximum Gasteiger partial charge on any atom is 0.254 e. The second-order valence-corrected chi connectivity index (χ2v) is 3.93. The summed E-state index contributed by atoms with van der Waals surface area (Å²) in [6, 6.07) is 4.18. The van der Waals surface area contributed by atoms with Gasteiger partial charge in [-0.15, -0.1) is 12.4 Å². The average Bonchev–Trinajstić information content (AvgIpc) is 2.25. The number of nitrogens with one attached hydrogen (secondary N) is 1. The number of ether oxygens (including phenoxy) is 1. The third kappa shape index (κ3) is 4.59. The minimum Gasteiger partial charge on any atom is -0.370 e. The lowest BCUT2D eigenvalue weighted by Crippen LogP contribution is -2.35. The largest absolute Gasteiger partial charge is 0.370 e. The predicted octanol–water partition coefficient (Wildman–Crippen LogP) is 1.92. The Morgan fingerprint density at radius 1 is 1.65 bits per heavy atom. The first kappa shape index (κ1) is 16.3. The van der Waals surface area contributed by atoms with E-state index in [1.54, 1.807) is 0 Å². The summed E-state index contributed by atoms with van der Waals surface area (Å²) in [5.41, 5.74) is 5.82. The molecule has 1 unspecified atom stereocenters. The highest BCUT2D eigenvalue weighted by Crippen LogP contribution is 2.20. The molecule has 0 aliphatic carbocycles. The van der Waals surface area contributed by atoms with Crippen LogP contribution in [0.1, 0.15) is 0 Å². The molecule has 96 valence electrons. The van der Waals surface area contributed by atoms with E-state index >= 15 is 0 Å². The second-order valence-electron chi connectivity index (χ2n) is 3.08. The lowest BCUT2D eigenvalue weighted by molar-refractivity contribution is -0.125. The van der Waals surface area contributed by atoms with Crippen molar-refractivity contribution in [2.24, 2.45) is 5.73 Å². The second kappa shape index (κ2) is 7.60. The normalized spacial score (nSPS) is 11.5. The van der Waals surface area contributed by atoms with Crippen LogP contribution in [-0.2, 0) is 9.53 Å².